The summed E-state index contributed by atoms with van der Waals surface area (Å²) in [5.41, 5.74) is 0. The minimum absolute atomic E-state index is 0.783. The molecular formula is C15H33NO3. The van der Waals surface area contributed by atoms with Gasteiger partial charge in [-0.3, -0.25) is 0 Å². The van der Waals surface area contributed by atoms with Crippen molar-refractivity contribution >= 4 is 0 Å². The second kappa shape index (κ2) is 17.8. The van der Waals surface area contributed by atoms with Crippen molar-refractivity contribution in [3.05, 3.63) is 0 Å². The van der Waals surface area contributed by atoms with E-state index >= 15 is 0 Å². The Bertz CT molecular complexity index is 140. The summed E-state index contributed by atoms with van der Waals surface area (Å²) in [5.74, 6) is 0. The van der Waals surface area contributed by atoms with Gasteiger partial charge in [-0.05, 0) is 39.3 Å². The first-order valence-corrected chi connectivity index (χ1v) is 7.71. The normalized spacial score (nSPS) is 11.1. The lowest BCUT2D eigenvalue weighted by atomic mass is 10.1. The van der Waals surface area contributed by atoms with Gasteiger partial charge < -0.3 is 19.5 Å². The molecule has 0 saturated heterocycles. The lowest BCUT2D eigenvalue weighted by Crippen LogP contribution is -2.07. The van der Waals surface area contributed by atoms with Crippen LogP contribution in [0.5, 0.6) is 0 Å². The van der Waals surface area contributed by atoms with Gasteiger partial charge in [0.05, 0.1) is 0 Å². The van der Waals surface area contributed by atoms with Gasteiger partial charge in [-0.1, -0.05) is 19.3 Å². The molecule has 1 N–H and O–H groups in total. The fraction of sp³-hybridized carbons (Fsp3) is 1.00. The van der Waals surface area contributed by atoms with E-state index in [4.69, 9.17) is 14.2 Å². The highest BCUT2D eigenvalue weighted by Gasteiger charge is 1.93. The Morgan fingerprint density at radius 2 is 1.16 bits per heavy atom. The van der Waals surface area contributed by atoms with Gasteiger partial charge in [-0.25, -0.2) is 0 Å². The Morgan fingerprint density at radius 3 is 1.79 bits per heavy atom. The molecule has 0 amide bonds. The molecule has 0 heterocycles. The number of methoxy groups -OCH3 is 1. The Labute approximate surface area is 119 Å². The van der Waals surface area contributed by atoms with Crippen LogP contribution < -0.4 is 5.32 Å². The number of nitrogens with one attached hydrogen (secondary N) is 1. The third-order valence-corrected chi connectivity index (χ3v) is 2.93. The quantitative estimate of drug-likeness (QED) is 0.440. The maximum atomic E-state index is 5.57. The highest BCUT2D eigenvalue weighted by molar-refractivity contribution is 4.46. The molecular weight excluding hydrogens is 242 g/mol. The molecule has 0 bridgehead atoms. The number of hydrogen-bond acceptors (Lipinski definition) is 4. The summed E-state index contributed by atoms with van der Waals surface area (Å²) >= 11 is 0. The van der Waals surface area contributed by atoms with E-state index in [1.54, 1.807) is 7.11 Å². The van der Waals surface area contributed by atoms with E-state index in [-0.39, 0.29) is 0 Å². The monoisotopic (exact) mass is 275 g/mol. The molecule has 0 aromatic heterocycles. The highest BCUT2D eigenvalue weighted by atomic mass is 16.5. The van der Waals surface area contributed by atoms with Gasteiger partial charge in [0, 0.05) is 40.1 Å². The van der Waals surface area contributed by atoms with Crippen molar-refractivity contribution in [3.63, 3.8) is 0 Å². The molecule has 0 fully saturated rings. The molecule has 116 valence electrons. The Kier molecular flexibility index (Phi) is 17.7. The molecule has 0 aromatic rings. The third kappa shape index (κ3) is 17.8. The Hall–Kier alpha value is -0.160. The Balaban J connectivity index is 2.88. The zero-order valence-corrected chi connectivity index (χ0v) is 12.9. The molecule has 0 unspecified atom stereocenters. The van der Waals surface area contributed by atoms with E-state index < -0.39 is 0 Å². The molecule has 4 heteroatoms. The van der Waals surface area contributed by atoms with E-state index in [0.717, 1.165) is 52.4 Å². The highest BCUT2D eigenvalue weighted by Crippen LogP contribution is 2.02. The van der Waals surface area contributed by atoms with Crippen LogP contribution in [-0.2, 0) is 14.2 Å². The van der Waals surface area contributed by atoms with Crippen LogP contribution in [0.25, 0.3) is 0 Å². The summed E-state index contributed by atoms with van der Waals surface area (Å²) < 4.78 is 16.0. The molecule has 0 saturated carbocycles. The van der Waals surface area contributed by atoms with Crippen molar-refractivity contribution in [2.75, 3.05) is 53.7 Å². The fourth-order valence-electron chi connectivity index (χ4n) is 1.81. The summed E-state index contributed by atoms with van der Waals surface area (Å²) in [6, 6.07) is 0. The molecule has 0 rings (SSSR count). The molecule has 0 atom stereocenters. The average molecular weight is 275 g/mol. The van der Waals surface area contributed by atoms with Gasteiger partial charge in [0.2, 0.25) is 0 Å². The third-order valence-electron chi connectivity index (χ3n) is 2.93. The maximum Gasteiger partial charge on any atom is 0.0488 e. The second-order valence-corrected chi connectivity index (χ2v) is 4.80. The van der Waals surface area contributed by atoms with Crippen LogP contribution in [0.3, 0.4) is 0 Å². The first-order valence-electron chi connectivity index (χ1n) is 7.71. The molecule has 4 nitrogen and oxygen atoms in total. The molecule has 19 heavy (non-hydrogen) atoms. The number of unbranched alkanes of at least 4 members (excludes halogenated alkanes) is 4. The molecule has 0 radical (unpaired) electrons. The second-order valence-electron chi connectivity index (χ2n) is 4.80. The van der Waals surface area contributed by atoms with Crippen LogP contribution in [0.2, 0.25) is 0 Å². The number of ether oxygens (including phenoxy) is 3. The molecule has 0 aliphatic rings. The zero-order valence-electron chi connectivity index (χ0n) is 12.9. The standard InChI is InChI=1S/C15H33NO3/c1-16-10-6-4-3-5-7-12-18-14-9-15-19-13-8-11-17-2/h16H,3-15H2,1-2H3. The minimum atomic E-state index is 0.783. The fourth-order valence-corrected chi connectivity index (χ4v) is 1.81. The van der Waals surface area contributed by atoms with Gasteiger partial charge in [-0.15, -0.1) is 0 Å². The van der Waals surface area contributed by atoms with Crippen molar-refractivity contribution < 1.29 is 14.2 Å². The van der Waals surface area contributed by atoms with Gasteiger partial charge in [0.1, 0.15) is 0 Å². The van der Waals surface area contributed by atoms with Gasteiger partial charge in [-0.2, -0.15) is 0 Å². The molecule has 0 spiro atoms. The van der Waals surface area contributed by atoms with E-state index in [0.29, 0.717) is 0 Å². The van der Waals surface area contributed by atoms with Crippen molar-refractivity contribution in [3.8, 4) is 0 Å². The van der Waals surface area contributed by atoms with Gasteiger partial charge in [0.25, 0.3) is 0 Å². The van der Waals surface area contributed by atoms with E-state index in [1.165, 1.54) is 32.1 Å². The molecule has 0 aliphatic carbocycles. The number of hydrogen-bond donors (Lipinski definition) is 1. The van der Waals surface area contributed by atoms with Gasteiger partial charge >= 0.3 is 0 Å². The van der Waals surface area contributed by atoms with Gasteiger partial charge in [0.15, 0.2) is 0 Å². The van der Waals surface area contributed by atoms with Crippen LogP contribution in [0.1, 0.15) is 44.9 Å². The van der Waals surface area contributed by atoms with Crippen molar-refractivity contribution in [1.29, 1.82) is 0 Å². The largest absolute Gasteiger partial charge is 0.385 e. The van der Waals surface area contributed by atoms with Crippen molar-refractivity contribution in [2.45, 2.75) is 44.9 Å². The predicted molar refractivity (Wildman–Crippen MR) is 79.8 cm³/mol. The molecule has 0 aliphatic heterocycles. The van der Waals surface area contributed by atoms with E-state index in [1.807, 2.05) is 7.05 Å². The first kappa shape index (κ1) is 18.8. The van der Waals surface area contributed by atoms with Crippen LogP contribution >= 0.6 is 0 Å². The maximum absolute atomic E-state index is 5.57. The topological polar surface area (TPSA) is 39.7 Å². The summed E-state index contributed by atoms with van der Waals surface area (Å²) in [6.45, 7) is 5.24. The lowest BCUT2D eigenvalue weighted by Gasteiger charge is -2.05. The van der Waals surface area contributed by atoms with Crippen LogP contribution in [0.4, 0.5) is 0 Å². The van der Waals surface area contributed by atoms with Crippen LogP contribution in [-0.4, -0.2) is 53.7 Å². The van der Waals surface area contributed by atoms with Crippen LogP contribution in [0, 0.1) is 0 Å². The molecule has 0 aromatic carbocycles. The number of rotatable bonds is 16. The van der Waals surface area contributed by atoms with E-state index in [2.05, 4.69) is 5.32 Å². The average Bonchev–Trinajstić information content (AvgIpc) is 2.43. The lowest BCUT2D eigenvalue weighted by molar-refractivity contribution is 0.0705. The minimum Gasteiger partial charge on any atom is -0.385 e. The summed E-state index contributed by atoms with van der Waals surface area (Å²) in [4.78, 5) is 0. The summed E-state index contributed by atoms with van der Waals surface area (Å²) in [5, 5.41) is 3.17. The Morgan fingerprint density at radius 1 is 0.632 bits per heavy atom. The summed E-state index contributed by atoms with van der Waals surface area (Å²) in [6.07, 6.45) is 8.40. The zero-order chi connectivity index (χ0) is 14.0. The SMILES string of the molecule is CNCCCCCCCOCCCOCCCOC. The summed E-state index contributed by atoms with van der Waals surface area (Å²) in [7, 11) is 3.73. The van der Waals surface area contributed by atoms with Crippen LogP contribution in [0.15, 0.2) is 0 Å². The van der Waals surface area contributed by atoms with Crippen molar-refractivity contribution in [2.24, 2.45) is 0 Å². The predicted octanol–water partition coefficient (Wildman–Crippen LogP) is 2.62. The first-order chi connectivity index (χ1) is 9.41. The smallest absolute Gasteiger partial charge is 0.0488 e. The van der Waals surface area contributed by atoms with E-state index in [9.17, 15) is 0 Å². The van der Waals surface area contributed by atoms with Crippen molar-refractivity contribution in [1.82, 2.24) is 5.32 Å².